The number of allylic oxidation sites excluding steroid dienone is 2. The molecule has 532 valence electrons. The van der Waals surface area contributed by atoms with Crippen LogP contribution in [0.1, 0.15) is 169 Å². The molecular weight excluding hydrogens is 1260 g/mol. The molecule has 3 aliphatic heterocycles. The molecule has 0 radical (unpaired) electrons. The van der Waals surface area contributed by atoms with Crippen LogP contribution < -0.4 is 0 Å². The van der Waals surface area contributed by atoms with E-state index in [0.29, 0.717) is 51.4 Å². The van der Waals surface area contributed by atoms with Crippen LogP contribution in [0.25, 0.3) is 0 Å². The summed E-state index contributed by atoms with van der Waals surface area (Å²) in [6.45, 7) is 20.4. The van der Waals surface area contributed by atoms with Crippen LogP contribution in [0.2, 0.25) is 0 Å². The van der Waals surface area contributed by atoms with Gasteiger partial charge in [-0.05, 0) is 101 Å². The molecule has 0 aromatic heterocycles. The first-order valence-corrected chi connectivity index (χ1v) is 32.2. The normalized spacial score (nSPS) is 37.1. The zero-order chi connectivity index (χ0) is 70.6. The molecule has 0 bridgehead atoms. The Bertz CT molecular complexity index is 2970. The first-order chi connectivity index (χ1) is 44.4. The summed E-state index contributed by atoms with van der Waals surface area (Å²) in [5.74, 6) is -10.6. The largest absolute Gasteiger partial charge is 0.481 e. The first-order valence-electron chi connectivity index (χ1n) is 32.2. The number of esters is 10. The van der Waals surface area contributed by atoms with E-state index < -0.39 is 211 Å². The Hall–Kier alpha value is -6.63. The fourth-order valence-electron chi connectivity index (χ4n) is 16.3. The Labute approximate surface area is 551 Å². The average Bonchev–Trinajstić information content (AvgIpc) is 1.65. The van der Waals surface area contributed by atoms with Crippen LogP contribution in [0.3, 0.4) is 0 Å². The smallest absolute Gasteiger partial charge is 0.314 e. The molecule has 0 spiro atoms. The molecule has 0 aromatic carbocycles. The van der Waals surface area contributed by atoms with E-state index in [4.69, 9.17) is 75.8 Å². The monoisotopic (exact) mass is 1350 g/mol. The Morgan fingerprint density at radius 1 is 0.516 bits per heavy atom. The fourth-order valence-corrected chi connectivity index (χ4v) is 16.3. The summed E-state index contributed by atoms with van der Waals surface area (Å²) in [4.78, 5) is 142. The SMILES string of the molecule is CC(=O)OC[C@H]1O[C@@H](O[C@H]2CO[C@H](O[C@H]3[C@H](O[C@H]4CC[C@]5(C)C6=C(CC[C@H]5[C@@]4(C)O)[C@]4(C(=O)O)CC[C@H]([C@H](C)[C@H](CC=C(C)C)OC(C)=O)[C@@]4(C)CC6)O[C@H](COC(C)=O)[C@H](OC(C)=O)[C@@H]3OC(C)=O)[C@H](OC(C)=O)[C@H]2OC(C)=O)[C@H](OC(C)=O)[C@@H](OC(C)=O)[C@H]1OC(C)=O. The van der Waals surface area contributed by atoms with Gasteiger partial charge in [-0.25, -0.2) is 0 Å². The van der Waals surface area contributed by atoms with Crippen molar-refractivity contribution in [3.63, 3.8) is 0 Å². The van der Waals surface area contributed by atoms with E-state index in [-0.39, 0.29) is 18.3 Å². The molecule has 0 amide bonds. The lowest BCUT2D eigenvalue weighted by molar-refractivity contribution is -0.380. The van der Waals surface area contributed by atoms with Gasteiger partial charge in [-0.1, -0.05) is 43.6 Å². The topological polar surface area (TPSA) is 376 Å². The predicted molar refractivity (Wildman–Crippen MR) is 320 cm³/mol. The predicted octanol–water partition coefficient (Wildman–Crippen LogP) is 5.06. The van der Waals surface area contributed by atoms with Crippen molar-refractivity contribution in [2.75, 3.05) is 19.8 Å². The first kappa shape index (κ1) is 75.7. The third-order valence-electron chi connectivity index (χ3n) is 20.0. The Morgan fingerprint density at radius 3 is 1.47 bits per heavy atom. The molecule has 5 fully saturated rings. The Morgan fingerprint density at radius 2 is 0.989 bits per heavy atom. The molecule has 23 atom stereocenters. The van der Waals surface area contributed by atoms with Gasteiger partial charge in [0.25, 0.3) is 0 Å². The lowest BCUT2D eigenvalue weighted by Crippen LogP contribution is -2.68. The Balaban J connectivity index is 1.27. The minimum absolute atomic E-state index is 0.0950. The molecule has 7 aliphatic rings. The highest BCUT2D eigenvalue weighted by atomic mass is 16.8. The van der Waals surface area contributed by atoms with Gasteiger partial charge in [0.2, 0.25) is 0 Å². The van der Waals surface area contributed by atoms with Crippen molar-refractivity contribution in [3.8, 4) is 0 Å². The number of carboxylic acids is 1. The number of rotatable bonds is 23. The molecule has 3 saturated heterocycles. The van der Waals surface area contributed by atoms with Crippen LogP contribution in [0, 0.1) is 34.0 Å². The summed E-state index contributed by atoms with van der Waals surface area (Å²) < 4.78 is 95.8. The Kier molecular flexibility index (Phi) is 24.6. The van der Waals surface area contributed by atoms with Gasteiger partial charge in [-0.15, -0.1) is 0 Å². The van der Waals surface area contributed by atoms with Crippen LogP contribution in [-0.2, 0) is 129 Å². The minimum atomic E-state index is -1.93. The maximum absolute atomic E-state index is 14.2. The lowest BCUT2D eigenvalue weighted by Gasteiger charge is -2.61. The third-order valence-corrected chi connectivity index (χ3v) is 20.0. The number of hydrogen-bond donors (Lipinski definition) is 2. The third kappa shape index (κ3) is 16.7. The van der Waals surface area contributed by atoms with Crippen LogP contribution in [-0.4, -0.2) is 200 Å². The van der Waals surface area contributed by atoms with E-state index >= 15 is 0 Å². The molecule has 29 heteroatoms. The highest BCUT2D eigenvalue weighted by Crippen LogP contribution is 2.72. The van der Waals surface area contributed by atoms with Gasteiger partial charge in [-0.3, -0.25) is 52.7 Å². The number of carbonyl (C=O) groups excluding carboxylic acids is 10. The summed E-state index contributed by atoms with van der Waals surface area (Å²) >= 11 is 0. The van der Waals surface area contributed by atoms with Gasteiger partial charge in [0, 0.05) is 75.7 Å². The van der Waals surface area contributed by atoms with E-state index in [1.807, 2.05) is 33.8 Å². The molecule has 0 aromatic rings. The van der Waals surface area contributed by atoms with E-state index in [0.717, 1.165) is 79.0 Å². The van der Waals surface area contributed by atoms with E-state index in [1.54, 1.807) is 6.92 Å². The number of carboxylic acid groups (broad SMARTS) is 1. The summed E-state index contributed by atoms with van der Waals surface area (Å²) in [7, 11) is 0. The maximum Gasteiger partial charge on any atom is 0.314 e. The van der Waals surface area contributed by atoms with Gasteiger partial charge < -0.3 is 86.0 Å². The van der Waals surface area contributed by atoms with Crippen LogP contribution in [0.4, 0.5) is 0 Å². The number of fused-ring (bicyclic) bond motifs is 4. The second kappa shape index (κ2) is 30.8. The van der Waals surface area contributed by atoms with E-state index in [9.17, 15) is 63.0 Å². The van der Waals surface area contributed by atoms with Gasteiger partial charge in [0.1, 0.15) is 37.6 Å². The minimum Gasteiger partial charge on any atom is -0.481 e. The molecule has 95 heavy (non-hydrogen) atoms. The highest BCUT2D eigenvalue weighted by molar-refractivity contribution is 5.82. The van der Waals surface area contributed by atoms with Crippen molar-refractivity contribution in [1.29, 1.82) is 0 Å². The summed E-state index contributed by atoms with van der Waals surface area (Å²) in [6.07, 6.45) is -20.5. The van der Waals surface area contributed by atoms with Crippen molar-refractivity contribution in [1.82, 2.24) is 0 Å². The van der Waals surface area contributed by atoms with Crippen molar-refractivity contribution >= 4 is 65.7 Å². The highest BCUT2D eigenvalue weighted by Gasteiger charge is 2.70. The lowest BCUT2D eigenvalue weighted by atomic mass is 9.44. The van der Waals surface area contributed by atoms with Gasteiger partial charge in [0.15, 0.2) is 67.7 Å². The summed E-state index contributed by atoms with van der Waals surface area (Å²) in [5, 5.41) is 24.9. The molecule has 7 rings (SSSR count). The van der Waals surface area contributed by atoms with Crippen LogP contribution in [0.5, 0.6) is 0 Å². The maximum atomic E-state index is 14.2. The van der Waals surface area contributed by atoms with Crippen LogP contribution >= 0.6 is 0 Å². The molecule has 3 heterocycles. The van der Waals surface area contributed by atoms with Gasteiger partial charge in [-0.2, -0.15) is 0 Å². The summed E-state index contributed by atoms with van der Waals surface area (Å²) in [5.41, 5.74) is -1.71. The fraction of sp³-hybridized carbons (Fsp3) is 0.773. The second-order valence-corrected chi connectivity index (χ2v) is 26.8. The second-order valence-electron chi connectivity index (χ2n) is 26.8. The number of carbonyl (C=O) groups is 11. The molecule has 2 saturated carbocycles. The average molecular weight is 1350 g/mol. The quantitative estimate of drug-likeness (QED) is 0.0767. The molecular formula is C66H94O29. The number of hydrogen-bond acceptors (Lipinski definition) is 28. The number of aliphatic carboxylic acids is 1. The van der Waals surface area contributed by atoms with Crippen LogP contribution in [0.15, 0.2) is 22.8 Å². The summed E-state index contributed by atoms with van der Waals surface area (Å²) in [6, 6.07) is 0. The number of aliphatic hydroxyl groups is 1. The molecule has 2 N–H and O–H groups in total. The van der Waals surface area contributed by atoms with Crippen molar-refractivity contribution < 1.29 is 139 Å². The number of ether oxygens (including phenoxy) is 16. The van der Waals surface area contributed by atoms with E-state index in [2.05, 4.69) is 6.92 Å². The molecule has 4 aliphatic carbocycles. The van der Waals surface area contributed by atoms with Gasteiger partial charge in [0.05, 0.1) is 23.7 Å². The van der Waals surface area contributed by atoms with Gasteiger partial charge >= 0.3 is 65.7 Å². The van der Waals surface area contributed by atoms with Crippen molar-refractivity contribution in [3.05, 3.63) is 22.8 Å². The van der Waals surface area contributed by atoms with Crippen molar-refractivity contribution in [2.45, 2.75) is 272 Å². The molecule has 0 unspecified atom stereocenters. The molecule has 29 nitrogen and oxygen atoms in total. The van der Waals surface area contributed by atoms with E-state index in [1.165, 1.54) is 6.92 Å². The zero-order valence-electron chi connectivity index (χ0n) is 56.9. The standard InChI is InChI=1S/C66H94O29/c1-30(2)17-19-45(83-34(6)69)31(3)42-22-26-66(62(77)78)44-18-20-49-63(14,43(44)21-25-64(42,66)15)24-23-50(65(49,16)79)94-61-58(55(88-39(11)74)52(85-36(8)71)47(93-61)28-81-33(5)68)95-59-56(89-40(12)75)53(86-37(9)72)48(29-82-59)92-60-57(90-41(13)76)54(87-38(10)73)51(84-35(7)70)46(91-60)27-80-32(4)67/h17,31,42,45-61,79H,18-29H2,1-16H3,(H,77,78)/t31-,42+,45-,46+,47+,48-,49+,50-,51-,52-,53-,54-,55-,56+,57+,58+,59+,60-,61-,63+,64+,65+,66-/m0/s1. The zero-order valence-corrected chi connectivity index (χ0v) is 56.9. The van der Waals surface area contributed by atoms with Crippen molar-refractivity contribution in [2.24, 2.45) is 34.0 Å².